The van der Waals surface area contributed by atoms with Crippen molar-refractivity contribution in [1.29, 1.82) is 0 Å². The van der Waals surface area contributed by atoms with E-state index in [1.807, 2.05) is 0 Å². The van der Waals surface area contributed by atoms with Gasteiger partial charge in [-0.15, -0.1) is 0 Å². The van der Waals surface area contributed by atoms with Crippen LogP contribution in [0.2, 0.25) is 0 Å². The molecule has 19 heavy (non-hydrogen) atoms. The maximum absolute atomic E-state index is 11.9. The summed E-state index contributed by atoms with van der Waals surface area (Å²) in [7, 11) is -1.50. The van der Waals surface area contributed by atoms with Gasteiger partial charge in [-0.05, 0) is 25.1 Å². The second-order valence-corrected chi connectivity index (χ2v) is 6.74. The Bertz CT molecular complexity index is 531. The lowest BCUT2D eigenvalue weighted by Crippen LogP contribution is -2.38. The van der Waals surface area contributed by atoms with Gasteiger partial charge in [-0.1, -0.05) is 6.92 Å². The Morgan fingerprint density at radius 2 is 2.21 bits per heavy atom. The maximum Gasteiger partial charge on any atom is 0.246 e. The highest BCUT2D eigenvalue weighted by Crippen LogP contribution is 2.06. The molecule has 0 spiro atoms. The minimum absolute atomic E-state index is 0.0274. The number of carbonyl (C=O) groups excluding carboxylic acids is 1. The van der Waals surface area contributed by atoms with E-state index in [9.17, 15) is 13.2 Å². The van der Waals surface area contributed by atoms with E-state index in [1.165, 1.54) is 17.2 Å². The molecule has 5 nitrogen and oxygen atoms in total. The van der Waals surface area contributed by atoms with Crippen LogP contribution >= 0.6 is 0 Å². The lowest BCUT2D eigenvalue weighted by Gasteiger charge is -2.23. The number of likely N-dealkylation sites (N-methyl/N-ethyl adjacent to an activating group) is 1. The largest absolute Gasteiger partial charge is 0.465 e. The number of amides is 1. The van der Waals surface area contributed by atoms with Crippen molar-refractivity contribution in [3.05, 3.63) is 30.2 Å². The number of carbonyl (C=O) groups is 1. The predicted octanol–water partition coefficient (Wildman–Crippen LogP) is 1.57. The van der Waals surface area contributed by atoms with Crippen molar-refractivity contribution in [3.63, 3.8) is 0 Å². The molecule has 0 fully saturated rings. The van der Waals surface area contributed by atoms with Gasteiger partial charge in [0.05, 0.1) is 12.0 Å². The lowest BCUT2D eigenvalue weighted by atomic mass is 10.3. The van der Waals surface area contributed by atoms with E-state index in [2.05, 4.69) is 0 Å². The van der Waals surface area contributed by atoms with Gasteiger partial charge in [0.25, 0.3) is 0 Å². The summed E-state index contributed by atoms with van der Waals surface area (Å²) in [6.45, 7) is 3.31. The minimum Gasteiger partial charge on any atom is -0.465 e. The van der Waals surface area contributed by atoms with Crippen molar-refractivity contribution < 1.29 is 17.6 Å². The molecule has 0 radical (unpaired) electrons. The van der Waals surface area contributed by atoms with E-state index >= 15 is 0 Å². The second kappa shape index (κ2) is 6.56. The summed E-state index contributed by atoms with van der Waals surface area (Å²) in [5, 5.41) is 0. The zero-order valence-electron chi connectivity index (χ0n) is 11.4. The molecule has 0 aliphatic carbocycles. The summed E-state index contributed by atoms with van der Waals surface area (Å²) in [5.74, 6) is 0.382. The van der Waals surface area contributed by atoms with Crippen LogP contribution in [0, 0.1) is 0 Å². The molecule has 0 aromatic carbocycles. The van der Waals surface area contributed by atoms with E-state index in [4.69, 9.17) is 4.42 Å². The van der Waals surface area contributed by atoms with E-state index in [0.29, 0.717) is 5.76 Å². The van der Waals surface area contributed by atoms with Crippen LogP contribution in [0.3, 0.4) is 0 Å². The molecule has 1 atom stereocenters. The Morgan fingerprint density at radius 3 is 2.74 bits per heavy atom. The molecule has 6 heteroatoms. The average Bonchev–Trinajstić information content (AvgIpc) is 2.87. The van der Waals surface area contributed by atoms with Crippen molar-refractivity contribution in [2.75, 3.05) is 18.6 Å². The van der Waals surface area contributed by atoms with Gasteiger partial charge in [-0.25, -0.2) is 8.42 Å². The molecule has 0 saturated carbocycles. The minimum atomic E-state index is -3.09. The van der Waals surface area contributed by atoms with Crippen LogP contribution in [-0.4, -0.2) is 43.8 Å². The third-order valence-corrected chi connectivity index (χ3v) is 4.75. The normalized spacial score (nSPS) is 13.6. The van der Waals surface area contributed by atoms with Gasteiger partial charge in [-0.3, -0.25) is 4.79 Å². The molecule has 0 N–H and O–H groups in total. The monoisotopic (exact) mass is 285 g/mol. The molecule has 1 aromatic rings. The molecule has 1 rings (SSSR count). The SMILES string of the molecule is CCS(=O)(=O)C[C@H](C)N(C)C(=O)/C=C\c1ccco1. The first-order valence-electron chi connectivity index (χ1n) is 6.04. The fourth-order valence-electron chi connectivity index (χ4n) is 1.47. The third-order valence-electron chi connectivity index (χ3n) is 2.88. The number of furan rings is 1. The van der Waals surface area contributed by atoms with Gasteiger partial charge < -0.3 is 9.32 Å². The number of hydrogen-bond acceptors (Lipinski definition) is 4. The van der Waals surface area contributed by atoms with Crippen LogP contribution in [0.4, 0.5) is 0 Å². The van der Waals surface area contributed by atoms with Crippen LogP contribution in [0.15, 0.2) is 28.9 Å². The van der Waals surface area contributed by atoms with Crippen molar-refractivity contribution >= 4 is 21.8 Å². The van der Waals surface area contributed by atoms with Gasteiger partial charge in [0, 0.05) is 24.9 Å². The molecule has 1 aromatic heterocycles. The molecular weight excluding hydrogens is 266 g/mol. The van der Waals surface area contributed by atoms with Crippen LogP contribution in [0.25, 0.3) is 6.08 Å². The maximum atomic E-state index is 11.9. The third kappa shape index (κ3) is 4.90. The summed E-state index contributed by atoms with van der Waals surface area (Å²) < 4.78 is 28.1. The first-order valence-corrected chi connectivity index (χ1v) is 7.86. The van der Waals surface area contributed by atoms with Crippen molar-refractivity contribution in [3.8, 4) is 0 Å². The summed E-state index contributed by atoms with van der Waals surface area (Å²) >= 11 is 0. The number of sulfone groups is 1. The zero-order chi connectivity index (χ0) is 14.5. The summed E-state index contributed by atoms with van der Waals surface area (Å²) in [5.41, 5.74) is 0. The number of hydrogen-bond donors (Lipinski definition) is 0. The van der Waals surface area contributed by atoms with Gasteiger partial charge in [0.2, 0.25) is 5.91 Å². The van der Waals surface area contributed by atoms with Crippen LogP contribution in [-0.2, 0) is 14.6 Å². The summed E-state index contributed by atoms with van der Waals surface area (Å²) in [6.07, 6.45) is 4.44. The van der Waals surface area contributed by atoms with Crippen molar-refractivity contribution in [2.45, 2.75) is 19.9 Å². The van der Waals surface area contributed by atoms with Crippen LogP contribution in [0.1, 0.15) is 19.6 Å². The Labute approximate surface area is 113 Å². The quantitative estimate of drug-likeness (QED) is 0.744. The number of nitrogens with zero attached hydrogens (tertiary/aromatic N) is 1. The van der Waals surface area contributed by atoms with E-state index in [1.54, 1.807) is 39.1 Å². The summed E-state index contributed by atoms with van der Waals surface area (Å²) in [6, 6.07) is 3.10. The van der Waals surface area contributed by atoms with Gasteiger partial charge in [0.1, 0.15) is 5.76 Å². The van der Waals surface area contributed by atoms with Crippen molar-refractivity contribution in [1.82, 2.24) is 4.90 Å². The zero-order valence-corrected chi connectivity index (χ0v) is 12.2. The highest BCUT2D eigenvalue weighted by atomic mass is 32.2. The molecular formula is C13H19NO4S. The van der Waals surface area contributed by atoms with E-state index in [-0.39, 0.29) is 23.5 Å². The standard InChI is InChI=1S/C13H19NO4S/c1-4-19(16,17)10-11(2)14(3)13(15)8-7-12-6-5-9-18-12/h5-9,11H,4,10H2,1-3H3/b8-7-/t11-/m0/s1. The molecule has 0 aliphatic rings. The molecule has 0 saturated heterocycles. The molecule has 1 amide bonds. The lowest BCUT2D eigenvalue weighted by molar-refractivity contribution is -0.126. The predicted molar refractivity (Wildman–Crippen MR) is 74.3 cm³/mol. The molecule has 106 valence electrons. The molecule has 1 heterocycles. The fourth-order valence-corrected chi connectivity index (χ4v) is 2.67. The average molecular weight is 285 g/mol. The van der Waals surface area contributed by atoms with Gasteiger partial charge in [-0.2, -0.15) is 0 Å². The highest BCUT2D eigenvalue weighted by molar-refractivity contribution is 7.91. The fraction of sp³-hybridized carbons (Fsp3) is 0.462. The molecule has 0 unspecified atom stereocenters. The first kappa shape index (κ1) is 15.5. The topological polar surface area (TPSA) is 67.6 Å². The molecule has 0 bridgehead atoms. The van der Waals surface area contributed by atoms with E-state index < -0.39 is 9.84 Å². The Hall–Kier alpha value is -1.56. The van der Waals surface area contributed by atoms with Crippen molar-refractivity contribution in [2.24, 2.45) is 0 Å². The Morgan fingerprint density at radius 1 is 1.53 bits per heavy atom. The van der Waals surface area contributed by atoms with Gasteiger partial charge in [0.15, 0.2) is 9.84 Å². The van der Waals surface area contributed by atoms with Crippen LogP contribution < -0.4 is 0 Å². The highest BCUT2D eigenvalue weighted by Gasteiger charge is 2.19. The van der Waals surface area contributed by atoms with Crippen LogP contribution in [0.5, 0.6) is 0 Å². The summed E-state index contributed by atoms with van der Waals surface area (Å²) in [4.78, 5) is 13.3. The van der Waals surface area contributed by atoms with E-state index in [0.717, 1.165) is 0 Å². The Kier molecular flexibility index (Phi) is 5.35. The smallest absolute Gasteiger partial charge is 0.246 e. The number of rotatable bonds is 6. The first-order chi connectivity index (χ1) is 8.85. The molecule has 0 aliphatic heterocycles. The van der Waals surface area contributed by atoms with Gasteiger partial charge >= 0.3 is 0 Å². The second-order valence-electron chi connectivity index (χ2n) is 4.35. The Balaban J connectivity index is 2.62.